The second-order valence-electron chi connectivity index (χ2n) is 7.63. The Balaban J connectivity index is 1.60. The van der Waals surface area contributed by atoms with Gasteiger partial charge in [-0.15, -0.1) is 0 Å². The molecule has 138 valence electrons. The van der Waals surface area contributed by atoms with Gasteiger partial charge in [0.25, 0.3) is 0 Å². The molecule has 1 saturated carbocycles. The minimum Gasteiger partial charge on any atom is -0.396 e. The van der Waals surface area contributed by atoms with E-state index in [1.165, 1.54) is 31.2 Å². The van der Waals surface area contributed by atoms with E-state index >= 15 is 0 Å². The zero-order valence-electron chi connectivity index (χ0n) is 15.2. The second-order valence-corrected chi connectivity index (χ2v) is 7.63. The van der Waals surface area contributed by atoms with Gasteiger partial charge in [-0.2, -0.15) is 0 Å². The summed E-state index contributed by atoms with van der Waals surface area (Å²) in [5, 5.41) is 12.4. The average Bonchev–Trinajstić information content (AvgIpc) is 3.31. The van der Waals surface area contributed by atoms with E-state index in [1.54, 1.807) is 0 Å². The Labute approximate surface area is 151 Å². The Kier molecular flexibility index (Phi) is 6.88. The SMILES string of the molecule is O=C(CN1CCCC1CCCO)NC(c1ccccc1)C1CCCC1. The first kappa shape index (κ1) is 18.4. The monoisotopic (exact) mass is 344 g/mol. The van der Waals surface area contributed by atoms with Gasteiger partial charge in [0.15, 0.2) is 0 Å². The fourth-order valence-electron chi connectivity index (χ4n) is 4.59. The van der Waals surface area contributed by atoms with Crippen LogP contribution in [-0.4, -0.2) is 41.7 Å². The van der Waals surface area contributed by atoms with Crippen molar-refractivity contribution in [3.05, 3.63) is 35.9 Å². The van der Waals surface area contributed by atoms with Crippen LogP contribution in [0.4, 0.5) is 0 Å². The summed E-state index contributed by atoms with van der Waals surface area (Å²) in [6.07, 6.45) is 9.11. The molecule has 2 N–H and O–H groups in total. The number of nitrogens with zero attached hydrogens (tertiary/aromatic N) is 1. The molecule has 2 fully saturated rings. The molecule has 1 aliphatic carbocycles. The predicted molar refractivity (Wildman–Crippen MR) is 100 cm³/mol. The lowest BCUT2D eigenvalue weighted by molar-refractivity contribution is -0.123. The molecule has 25 heavy (non-hydrogen) atoms. The highest BCUT2D eigenvalue weighted by atomic mass is 16.3. The Morgan fingerprint density at radius 3 is 2.64 bits per heavy atom. The number of carbonyl (C=O) groups excluding carboxylic acids is 1. The van der Waals surface area contributed by atoms with Crippen molar-refractivity contribution < 1.29 is 9.90 Å². The van der Waals surface area contributed by atoms with E-state index in [2.05, 4.69) is 34.5 Å². The second kappa shape index (κ2) is 9.35. The van der Waals surface area contributed by atoms with Crippen LogP contribution in [0.1, 0.15) is 63.0 Å². The van der Waals surface area contributed by atoms with Gasteiger partial charge in [0, 0.05) is 12.6 Å². The Morgan fingerprint density at radius 2 is 1.92 bits per heavy atom. The van der Waals surface area contributed by atoms with E-state index in [1.807, 2.05) is 6.07 Å². The molecule has 1 amide bonds. The summed E-state index contributed by atoms with van der Waals surface area (Å²) in [6.45, 7) is 1.74. The molecule has 1 aromatic rings. The molecule has 1 aromatic carbocycles. The fraction of sp³-hybridized carbons (Fsp3) is 0.667. The normalized spacial score (nSPS) is 23.0. The molecule has 0 radical (unpaired) electrons. The van der Waals surface area contributed by atoms with Crippen molar-refractivity contribution >= 4 is 5.91 Å². The number of carbonyl (C=O) groups is 1. The van der Waals surface area contributed by atoms with Crippen LogP contribution in [0.2, 0.25) is 0 Å². The number of nitrogens with one attached hydrogen (secondary N) is 1. The third-order valence-electron chi connectivity index (χ3n) is 5.89. The van der Waals surface area contributed by atoms with E-state index in [0.29, 0.717) is 18.5 Å². The van der Waals surface area contributed by atoms with E-state index in [9.17, 15) is 4.79 Å². The number of benzene rings is 1. The quantitative estimate of drug-likeness (QED) is 0.761. The first-order chi connectivity index (χ1) is 12.3. The largest absolute Gasteiger partial charge is 0.396 e. The Hall–Kier alpha value is -1.39. The Morgan fingerprint density at radius 1 is 1.16 bits per heavy atom. The number of likely N-dealkylation sites (tertiary alicyclic amines) is 1. The molecule has 3 rings (SSSR count). The van der Waals surface area contributed by atoms with Crippen molar-refractivity contribution in [3.8, 4) is 0 Å². The van der Waals surface area contributed by atoms with Crippen molar-refractivity contribution in [2.75, 3.05) is 19.7 Å². The molecule has 1 aliphatic heterocycles. The first-order valence-electron chi connectivity index (χ1n) is 9.97. The lowest BCUT2D eigenvalue weighted by Crippen LogP contribution is -2.42. The van der Waals surface area contributed by atoms with Gasteiger partial charge >= 0.3 is 0 Å². The van der Waals surface area contributed by atoms with Crippen molar-refractivity contribution in [1.29, 1.82) is 0 Å². The predicted octanol–water partition coefficient (Wildman–Crippen LogP) is 3.27. The van der Waals surface area contributed by atoms with Gasteiger partial charge in [-0.1, -0.05) is 43.2 Å². The van der Waals surface area contributed by atoms with Crippen LogP contribution < -0.4 is 5.32 Å². The van der Waals surface area contributed by atoms with Crippen LogP contribution in [0.3, 0.4) is 0 Å². The van der Waals surface area contributed by atoms with Crippen LogP contribution in [0, 0.1) is 5.92 Å². The number of aliphatic hydroxyl groups is 1. The molecule has 4 nitrogen and oxygen atoms in total. The summed E-state index contributed by atoms with van der Waals surface area (Å²) < 4.78 is 0. The van der Waals surface area contributed by atoms with Gasteiger partial charge < -0.3 is 10.4 Å². The van der Waals surface area contributed by atoms with E-state index in [4.69, 9.17) is 5.11 Å². The Bertz CT molecular complexity index is 528. The minimum atomic E-state index is 0.148. The number of hydrogen-bond acceptors (Lipinski definition) is 3. The summed E-state index contributed by atoms with van der Waals surface area (Å²) in [6, 6.07) is 11.1. The summed E-state index contributed by atoms with van der Waals surface area (Å²) in [7, 11) is 0. The highest BCUT2D eigenvalue weighted by molar-refractivity contribution is 5.78. The third-order valence-corrected chi connectivity index (χ3v) is 5.89. The number of amides is 1. The van der Waals surface area contributed by atoms with Gasteiger partial charge in [-0.25, -0.2) is 0 Å². The van der Waals surface area contributed by atoms with Gasteiger partial charge in [0.1, 0.15) is 0 Å². The molecule has 2 aliphatic rings. The molecule has 0 aromatic heterocycles. The van der Waals surface area contributed by atoms with Crippen LogP contribution in [0.5, 0.6) is 0 Å². The highest BCUT2D eigenvalue weighted by Gasteiger charge is 2.30. The molecular formula is C21H32N2O2. The summed E-state index contributed by atoms with van der Waals surface area (Å²) in [5.74, 6) is 0.715. The fourth-order valence-corrected chi connectivity index (χ4v) is 4.59. The van der Waals surface area contributed by atoms with Gasteiger partial charge in [0.05, 0.1) is 12.6 Å². The minimum absolute atomic E-state index is 0.148. The molecule has 1 heterocycles. The van der Waals surface area contributed by atoms with Crippen molar-refractivity contribution in [2.24, 2.45) is 5.92 Å². The van der Waals surface area contributed by atoms with Crippen molar-refractivity contribution in [3.63, 3.8) is 0 Å². The first-order valence-corrected chi connectivity index (χ1v) is 9.97. The summed E-state index contributed by atoms with van der Waals surface area (Å²) in [4.78, 5) is 15.1. The maximum atomic E-state index is 12.8. The number of aliphatic hydroxyl groups excluding tert-OH is 1. The van der Waals surface area contributed by atoms with Crippen molar-refractivity contribution in [1.82, 2.24) is 10.2 Å². The maximum absolute atomic E-state index is 12.8. The highest BCUT2D eigenvalue weighted by Crippen LogP contribution is 2.35. The van der Waals surface area contributed by atoms with Crippen LogP contribution in [-0.2, 0) is 4.79 Å². The molecule has 2 atom stereocenters. The van der Waals surface area contributed by atoms with Crippen LogP contribution in [0.15, 0.2) is 30.3 Å². The zero-order valence-corrected chi connectivity index (χ0v) is 15.2. The van der Waals surface area contributed by atoms with E-state index < -0.39 is 0 Å². The molecule has 0 bridgehead atoms. The zero-order chi connectivity index (χ0) is 17.5. The average molecular weight is 344 g/mol. The topological polar surface area (TPSA) is 52.6 Å². The third kappa shape index (κ3) is 5.05. The molecular weight excluding hydrogens is 312 g/mol. The van der Waals surface area contributed by atoms with E-state index in [0.717, 1.165) is 32.2 Å². The standard InChI is InChI=1S/C21H32N2O2/c24-15-7-13-19-12-6-14-23(19)16-20(25)22-21(18-10-4-5-11-18)17-8-2-1-3-9-17/h1-3,8-9,18-19,21,24H,4-7,10-16H2,(H,22,25). The summed E-state index contributed by atoms with van der Waals surface area (Å²) in [5.41, 5.74) is 1.24. The smallest absolute Gasteiger partial charge is 0.234 e. The van der Waals surface area contributed by atoms with Crippen molar-refractivity contribution in [2.45, 2.75) is 63.5 Å². The molecule has 4 heteroatoms. The van der Waals surface area contributed by atoms with Gasteiger partial charge in [-0.05, 0) is 56.6 Å². The van der Waals surface area contributed by atoms with Gasteiger partial charge in [-0.3, -0.25) is 9.69 Å². The maximum Gasteiger partial charge on any atom is 0.234 e. The van der Waals surface area contributed by atoms with E-state index in [-0.39, 0.29) is 18.6 Å². The number of hydrogen-bond donors (Lipinski definition) is 2. The van der Waals surface area contributed by atoms with Gasteiger partial charge in [0.2, 0.25) is 5.91 Å². The summed E-state index contributed by atoms with van der Waals surface area (Å²) >= 11 is 0. The number of rotatable bonds is 8. The van der Waals surface area contributed by atoms with Crippen LogP contribution in [0.25, 0.3) is 0 Å². The molecule has 0 spiro atoms. The molecule has 1 saturated heterocycles. The van der Waals surface area contributed by atoms with Crippen LogP contribution >= 0.6 is 0 Å². The molecule has 2 unspecified atom stereocenters. The lowest BCUT2D eigenvalue weighted by atomic mass is 9.91. The lowest BCUT2D eigenvalue weighted by Gasteiger charge is -2.28.